The molecule has 1 heterocycles. The zero-order chi connectivity index (χ0) is 15.2. The Hall–Kier alpha value is -2.51. The number of aliphatic hydroxyl groups is 1. The van der Waals surface area contributed by atoms with E-state index in [0.717, 1.165) is 11.1 Å². The van der Waals surface area contributed by atoms with Gasteiger partial charge < -0.3 is 14.8 Å². The molecule has 0 radical (unpaired) electrons. The maximum atomic E-state index is 12.2. The first-order chi connectivity index (χ1) is 10.2. The number of rotatable bonds is 3. The average Bonchev–Trinajstić information content (AvgIpc) is 2.96. The molecule has 4 heteroatoms. The second-order valence-corrected chi connectivity index (χ2v) is 4.55. The number of hydrogen-bond acceptors (Lipinski definition) is 3. The van der Waals surface area contributed by atoms with Gasteiger partial charge in [0.2, 0.25) is 0 Å². The van der Waals surface area contributed by atoms with Crippen LogP contribution in [0.1, 0.15) is 34.2 Å². The Morgan fingerprint density at radius 2 is 2.19 bits per heavy atom. The molecule has 0 spiro atoms. The van der Waals surface area contributed by atoms with Crippen LogP contribution in [0.4, 0.5) is 5.69 Å². The van der Waals surface area contributed by atoms with Crippen LogP contribution < -0.4 is 5.32 Å². The van der Waals surface area contributed by atoms with Gasteiger partial charge in [0.1, 0.15) is 12.4 Å². The molecule has 0 atom stereocenters. The summed E-state index contributed by atoms with van der Waals surface area (Å²) in [6, 6.07) is 7.16. The maximum Gasteiger partial charge on any atom is 0.259 e. The largest absolute Gasteiger partial charge is 0.469 e. The monoisotopic (exact) mass is 283 g/mol. The number of hydrogen-bond donors (Lipinski definition) is 2. The number of nitrogens with one attached hydrogen (secondary N) is 1. The van der Waals surface area contributed by atoms with Crippen molar-refractivity contribution in [3.63, 3.8) is 0 Å². The van der Waals surface area contributed by atoms with Crippen molar-refractivity contribution < 1.29 is 14.3 Å². The van der Waals surface area contributed by atoms with Crippen molar-refractivity contribution in [2.24, 2.45) is 0 Å². The molecule has 0 aliphatic carbocycles. The van der Waals surface area contributed by atoms with E-state index < -0.39 is 0 Å². The van der Waals surface area contributed by atoms with Crippen molar-refractivity contribution >= 4 is 11.6 Å². The lowest BCUT2D eigenvalue weighted by atomic mass is 10.1. The van der Waals surface area contributed by atoms with Crippen LogP contribution in [-0.4, -0.2) is 17.6 Å². The molecule has 2 aromatic rings. The van der Waals surface area contributed by atoms with Crippen molar-refractivity contribution in [2.75, 3.05) is 11.9 Å². The third kappa shape index (κ3) is 3.53. The van der Waals surface area contributed by atoms with E-state index in [2.05, 4.69) is 17.2 Å². The average molecular weight is 283 g/mol. The molecule has 1 amide bonds. The number of carbonyl (C=O) groups is 1. The van der Waals surface area contributed by atoms with Crippen LogP contribution in [-0.2, 0) is 6.42 Å². The van der Waals surface area contributed by atoms with Crippen LogP contribution in [0.5, 0.6) is 0 Å². The molecule has 0 bridgehead atoms. The zero-order valence-electron chi connectivity index (χ0n) is 12.1. The van der Waals surface area contributed by atoms with Gasteiger partial charge in [-0.1, -0.05) is 24.8 Å². The molecular formula is C17H17NO3. The molecule has 0 aliphatic heterocycles. The molecule has 108 valence electrons. The zero-order valence-corrected chi connectivity index (χ0v) is 12.1. The minimum Gasteiger partial charge on any atom is -0.469 e. The topological polar surface area (TPSA) is 62.5 Å². The Balaban J connectivity index is 2.22. The molecular weight excluding hydrogens is 266 g/mol. The van der Waals surface area contributed by atoms with Crippen molar-refractivity contribution in [1.29, 1.82) is 0 Å². The summed E-state index contributed by atoms with van der Waals surface area (Å²) in [6.07, 6.45) is 2.18. The van der Waals surface area contributed by atoms with E-state index in [1.54, 1.807) is 12.1 Å². The summed E-state index contributed by atoms with van der Waals surface area (Å²) < 4.78 is 5.26. The van der Waals surface area contributed by atoms with Crippen LogP contribution >= 0.6 is 0 Å². The molecule has 0 saturated heterocycles. The van der Waals surface area contributed by atoms with Gasteiger partial charge in [0, 0.05) is 17.7 Å². The van der Waals surface area contributed by atoms with Crippen LogP contribution in [0.15, 0.2) is 34.9 Å². The normalized spacial score (nSPS) is 9.86. The van der Waals surface area contributed by atoms with Crippen molar-refractivity contribution in [3.05, 3.63) is 53.0 Å². The number of carbonyl (C=O) groups excluding carboxylic acids is 1. The van der Waals surface area contributed by atoms with Crippen molar-refractivity contribution in [1.82, 2.24) is 0 Å². The minimum absolute atomic E-state index is 0.190. The van der Waals surface area contributed by atoms with E-state index in [1.165, 1.54) is 6.26 Å². The summed E-state index contributed by atoms with van der Waals surface area (Å²) in [5.74, 6) is 5.94. The van der Waals surface area contributed by atoms with E-state index in [-0.39, 0.29) is 12.5 Å². The van der Waals surface area contributed by atoms with Gasteiger partial charge in [-0.3, -0.25) is 4.79 Å². The minimum atomic E-state index is -0.203. The van der Waals surface area contributed by atoms with E-state index in [9.17, 15) is 4.79 Å². The van der Waals surface area contributed by atoms with E-state index in [1.807, 2.05) is 26.0 Å². The van der Waals surface area contributed by atoms with E-state index >= 15 is 0 Å². The number of anilines is 1. The molecule has 2 N–H and O–H groups in total. The molecule has 0 aliphatic rings. The fourth-order valence-corrected chi connectivity index (χ4v) is 1.98. The van der Waals surface area contributed by atoms with Gasteiger partial charge in [-0.2, -0.15) is 0 Å². The summed E-state index contributed by atoms with van der Waals surface area (Å²) in [4.78, 5) is 12.2. The summed E-state index contributed by atoms with van der Waals surface area (Å²) in [6.45, 7) is 3.67. The molecule has 1 aromatic heterocycles. The first kappa shape index (κ1) is 14.9. The number of furan rings is 1. The third-order valence-electron chi connectivity index (χ3n) is 3.11. The summed E-state index contributed by atoms with van der Waals surface area (Å²) in [5.41, 5.74) is 2.98. The second-order valence-electron chi connectivity index (χ2n) is 4.55. The maximum absolute atomic E-state index is 12.2. The fraction of sp³-hybridized carbons (Fsp3) is 0.235. The van der Waals surface area contributed by atoms with Crippen LogP contribution in [0.25, 0.3) is 0 Å². The Morgan fingerprint density at radius 3 is 2.90 bits per heavy atom. The first-order valence-corrected chi connectivity index (χ1v) is 6.73. The standard InChI is InChI=1S/C17H17NO3/c1-3-16-15(8-10-21-16)17(20)18-14-7-6-12(2)13(11-14)5-4-9-19/h6-8,10-11,19H,3,9H2,1-2H3,(H,18,20). The number of amides is 1. The summed E-state index contributed by atoms with van der Waals surface area (Å²) in [5, 5.41) is 11.6. The SMILES string of the molecule is CCc1occc1C(=O)Nc1ccc(C)c(C#CCO)c1. The van der Waals surface area contributed by atoms with Crippen LogP contribution in [0.3, 0.4) is 0 Å². The van der Waals surface area contributed by atoms with E-state index in [0.29, 0.717) is 23.4 Å². The molecule has 2 rings (SSSR count). The first-order valence-electron chi connectivity index (χ1n) is 6.73. The Kier molecular flexibility index (Phi) is 4.81. The van der Waals surface area contributed by atoms with Gasteiger partial charge in [-0.05, 0) is 30.7 Å². The number of benzene rings is 1. The van der Waals surface area contributed by atoms with E-state index in [4.69, 9.17) is 9.52 Å². The van der Waals surface area contributed by atoms with Crippen molar-refractivity contribution in [3.8, 4) is 11.8 Å². The molecule has 0 fully saturated rings. The highest BCUT2D eigenvalue weighted by atomic mass is 16.3. The lowest BCUT2D eigenvalue weighted by Crippen LogP contribution is -2.12. The van der Waals surface area contributed by atoms with Crippen molar-refractivity contribution in [2.45, 2.75) is 20.3 Å². The molecule has 1 aromatic carbocycles. The van der Waals surface area contributed by atoms with Gasteiger partial charge in [0.25, 0.3) is 5.91 Å². The lowest BCUT2D eigenvalue weighted by Gasteiger charge is -2.07. The fourth-order valence-electron chi connectivity index (χ4n) is 1.98. The van der Waals surface area contributed by atoms with Gasteiger partial charge >= 0.3 is 0 Å². The smallest absolute Gasteiger partial charge is 0.259 e. The highest BCUT2D eigenvalue weighted by Crippen LogP contribution is 2.17. The van der Waals surface area contributed by atoms with Gasteiger partial charge in [-0.25, -0.2) is 0 Å². The molecule has 0 saturated carbocycles. The lowest BCUT2D eigenvalue weighted by molar-refractivity contribution is 0.102. The Bertz CT molecular complexity index is 704. The quantitative estimate of drug-likeness (QED) is 0.851. The predicted molar refractivity (Wildman–Crippen MR) is 81.2 cm³/mol. The third-order valence-corrected chi connectivity index (χ3v) is 3.11. The van der Waals surface area contributed by atoms with Gasteiger partial charge in [0.05, 0.1) is 11.8 Å². The summed E-state index contributed by atoms with van der Waals surface area (Å²) in [7, 11) is 0. The second kappa shape index (κ2) is 6.78. The van der Waals surface area contributed by atoms with Gasteiger partial charge in [0.15, 0.2) is 0 Å². The predicted octanol–water partition coefficient (Wildman–Crippen LogP) is 2.75. The summed E-state index contributed by atoms with van der Waals surface area (Å²) >= 11 is 0. The molecule has 4 nitrogen and oxygen atoms in total. The van der Waals surface area contributed by atoms with Crippen LogP contribution in [0, 0.1) is 18.8 Å². The van der Waals surface area contributed by atoms with Gasteiger partial charge in [-0.15, -0.1) is 0 Å². The Labute approximate surface area is 123 Å². The number of aliphatic hydroxyl groups excluding tert-OH is 1. The van der Waals surface area contributed by atoms with Crippen LogP contribution in [0.2, 0.25) is 0 Å². The highest BCUT2D eigenvalue weighted by molar-refractivity contribution is 6.05. The molecule has 21 heavy (non-hydrogen) atoms. The number of aryl methyl sites for hydroxylation is 2. The highest BCUT2D eigenvalue weighted by Gasteiger charge is 2.13. The molecule has 0 unspecified atom stereocenters. The Morgan fingerprint density at radius 1 is 1.38 bits per heavy atom.